The fourth-order valence-electron chi connectivity index (χ4n) is 3.27. The van der Waals surface area contributed by atoms with Gasteiger partial charge in [-0.25, -0.2) is 12.8 Å². The molecule has 2 saturated heterocycles. The lowest BCUT2D eigenvalue weighted by Gasteiger charge is -2.34. The molecule has 0 aliphatic carbocycles. The largest absolute Gasteiger partial charge is 0.340 e. The molecule has 0 aromatic heterocycles. The van der Waals surface area contributed by atoms with E-state index in [1.807, 2.05) is 0 Å². The molecular formula is C16H20FN3O4S. The van der Waals surface area contributed by atoms with Crippen LogP contribution in [-0.4, -0.2) is 68.4 Å². The molecule has 136 valence electrons. The van der Waals surface area contributed by atoms with Gasteiger partial charge in [0, 0.05) is 39.1 Å². The Morgan fingerprint density at radius 1 is 1.16 bits per heavy atom. The molecule has 2 aliphatic rings. The van der Waals surface area contributed by atoms with Crippen molar-refractivity contribution in [2.75, 3.05) is 43.9 Å². The van der Waals surface area contributed by atoms with E-state index in [1.165, 1.54) is 21.3 Å². The predicted octanol–water partition coefficient (Wildman–Crippen LogP) is 0.282. The second kappa shape index (κ2) is 6.72. The normalized spacial score (nSPS) is 22.5. The number of rotatable bonds is 3. The van der Waals surface area contributed by atoms with Gasteiger partial charge in [0.25, 0.3) is 0 Å². The van der Waals surface area contributed by atoms with E-state index in [0.29, 0.717) is 13.1 Å². The minimum Gasteiger partial charge on any atom is -0.340 e. The predicted molar refractivity (Wildman–Crippen MR) is 89.9 cm³/mol. The Bertz CT molecular complexity index is 790. The summed E-state index contributed by atoms with van der Waals surface area (Å²) < 4.78 is 38.3. The van der Waals surface area contributed by atoms with Crippen molar-refractivity contribution in [3.05, 3.63) is 30.1 Å². The molecule has 2 heterocycles. The zero-order valence-corrected chi connectivity index (χ0v) is 14.7. The van der Waals surface area contributed by atoms with Crippen LogP contribution in [0.4, 0.5) is 10.1 Å². The van der Waals surface area contributed by atoms with Crippen LogP contribution >= 0.6 is 0 Å². The van der Waals surface area contributed by atoms with E-state index >= 15 is 0 Å². The van der Waals surface area contributed by atoms with Crippen LogP contribution in [0.5, 0.6) is 0 Å². The number of halogens is 1. The summed E-state index contributed by atoms with van der Waals surface area (Å²) in [6, 6.07) is 5.99. The highest BCUT2D eigenvalue weighted by Crippen LogP contribution is 2.28. The van der Waals surface area contributed by atoms with E-state index in [0.717, 1.165) is 6.26 Å². The second-order valence-corrected chi connectivity index (χ2v) is 8.33. The Morgan fingerprint density at radius 2 is 1.80 bits per heavy atom. The van der Waals surface area contributed by atoms with E-state index in [-0.39, 0.29) is 43.6 Å². The number of hydrogen-bond donors (Lipinski definition) is 0. The molecule has 0 saturated carbocycles. The molecule has 25 heavy (non-hydrogen) atoms. The molecule has 1 aromatic carbocycles. The SMILES string of the molecule is CS(=O)(=O)N1CCN(C(=O)[C@@H]2CC(=O)N(c3ccccc3F)C2)CC1. The van der Waals surface area contributed by atoms with Crippen LogP contribution in [0.1, 0.15) is 6.42 Å². The van der Waals surface area contributed by atoms with Crippen molar-refractivity contribution in [3.63, 3.8) is 0 Å². The Balaban J connectivity index is 1.65. The molecule has 3 rings (SSSR count). The molecule has 2 fully saturated rings. The monoisotopic (exact) mass is 369 g/mol. The van der Waals surface area contributed by atoms with Crippen molar-refractivity contribution in [2.45, 2.75) is 6.42 Å². The summed E-state index contributed by atoms with van der Waals surface area (Å²) >= 11 is 0. The van der Waals surface area contributed by atoms with Gasteiger partial charge in [-0.05, 0) is 12.1 Å². The van der Waals surface area contributed by atoms with E-state index < -0.39 is 21.8 Å². The molecule has 0 radical (unpaired) electrons. The quantitative estimate of drug-likeness (QED) is 0.767. The maximum Gasteiger partial charge on any atom is 0.228 e. The first-order valence-corrected chi connectivity index (χ1v) is 9.91. The van der Waals surface area contributed by atoms with Gasteiger partial charge in [0.15, 0.2) is 0 Å². The van der Waals surface area contributed by atoms with Gasteiger partial charge in [-0.2, -0.15) is 4.31 Å². The molecule has 0 N–H and O–H groups in total. The Morgan fingerprint density at radius 3 is 2.40 bits per heavy atom. The second-order valence-electron chi connectivity index (χ2n) is 6.34. The van der Waals surface area contributed by atoms with Crippen molar-refractivity contribution in [1.82, 2.24) is 9.21 Å². The summed E-state index contributed by atoms with van der Waals surface area (Å²) in [5.74, 6) is -1.49. The molecule has 1 atom stereocenters. The van der Waals surface area contributed by atoms with E-state index in [1.54, 1.807) is 17.0 Å². The highest BCUT2D eigenvalue weighted by molar-refractivity contribution is 7.88. The molecule has 0 spiro atoms. The lowest BCUT2D eigenvalue weighted by atomic mass is 10.1. The molecule has 2 amide bonds. The zero-order chi connectivity index (χ0) is 18.2. The zero-order valence-electron chi connectivity index (χ0n) is 13.9. The highest BCUT2D eigenvalue weighted by atomic mass is 32.2. The third kappa shape index (κ3) is 3.67. The Hall–Kier alpha value is -2.00. The van der Waals surface area contributed by atoms with Gasteiger partial charge in [-0.1, -0.05) is 12.1 Å². The number of carbonyl (C=O) groups is 2. The summed E-state index contributed by atoms with van der Waals surface area (Å²) in [6.07, 6.45) is 1.19. The molecular weight excluding hydrogens is 349 g/mol. The van der Waals surface area contributed by atoms with E-state index in [4.69, 9.17) is 0 Å². The first-order chi connectivity index (χ1) is 11.8. The Kier molecular flexibility index (Phi) is 4.79. The number of piperazine rings is 1. The van der Waals surface area contributed by atoms with Gasteiger partial charge < -0.3 is 9.80 Å². The van der Waals surface area contributed by atoms with Crippen LogP contribution in [0.2, 0.25) is 0 Å². The van der Waals surface area contributed by atoms with E-state index in [2.05, 4.69) is 0 Å². The first-order valence-electron chi connectivity index (χ1n) is 8.06. The average molecular weight is 369 g/mol. The van der Waals surface area contributed by atoms with Gasteiger partial charge in [0.1, 0.15) is 5.82 Å². The van der Waals surface area contributed by atoms with Gasteiger partial charge in [0.05, 0.1) is 17.9 Å². The van der Waals surface area contributed by atoms with Gasteiger partial charge in [-0.15, -0.1) is 0 Å². The summed E-state index contributed by atoms with van der Waals surface area (Å²) in [6.45, 7) is 1.25. The van der Waals surface area contributed by atoms with Crippen molar-refractivity contribution in [2.24, 2.45) is 5.92 Å². The number of para-hydroxylation sites is 1. The molecule has 0 bridgehead atoms. The third-order valence-corrected chi connectivity index (χ3v) is 5.94. The Labute approximate surface area is 146 Å². The molecule has 0 unspecified atom stereocenters. The third-order valence-electron chi connectivity index (χ3n) is 4.64. The van der Waals surface area contributed by atoms with Crippen LogP contribution in [0.25, 0.3) is 0 Å². The maximum absolute atomic E-state index is 13.9. The smallest absolute Gasteiger partial charge is 0.228 e. The maximum atomic E-state index is 13.9. The van der Waals surface area contributed by atoms with Crippen LogP contribution in [0.3, 0.4) is 0 Å². The molecule has 1 aromatic rings. The minimum absolute atomic E-state index is 0.0411. The average Bonchev–Trinajstić information content (AvgIpc) is 2.95. The summed E-state index contributed by atoms with van der Waals surface area (Å²) in [5, 5.41) is 0. The summed E-state index contributed by atoms with van der Waals surface area (Å²) in [4.78, 5) is 27.8. The van der Waals surface area contributed by atoms with E-state index in [9.17, 15) is 22.4 Å². The number of anilines is 1. The van der Waals surface area contributed by atoms with Gasteiger partial charge in [0.2, 0.25) is 21.8 Å². The van der Waals surface area contributed by atoms with Gasteiger partial charge >= 0.3 is 0 Å². The summed E-state index contributed by atoms with van der Waals surface area (Å²) in [5.41, 5.74) is 0.185. The summed E-state index contributed by atoms with van der Waals surface area (Å²) in [7, 11) is -3.26. The fourth-order valence-corrected chi connectivity index (χ4v) is 4.10. The number of carbonyl (C=O) groups excluding carboxylic acids is 2. The number of nitrogens with zero attached hydrogens (tertiary/aromatic N) is 3. The molecule has 2 aliphatic heterocycles. The lowest BCUT2D eigenvalue weighted by molar-refractivity contribution is -0.136. The number of amides is 2. The van der Waals surface area contributed by atoms with Crippen LogP contribution in [-0.2, 0) is 19.6 Å². The number of benzene rings is 1. The number of sulfonamides is 1. The van der Waals surface area contributed by atoms with Crippen LogP contribution < -0.4 is 4.90 Å². The van der Waals surface area contributed by atoms with Gasteiger partial charge in [-0.3, -0.25) is 9.59 Å². The fraction of sp³-hybridized carbons (Fsp3) is 0.500. The minimum atomic E-state index is -3.26. The van der Waals surface area contributed by atoms with Crippen molar-refractivity contribution < 1.29 is 22.4 Å². The lowest BCUT2D eigenvalue weighted by Crippen LogP contribution is -2.51. The van der Waals surface area contributed by atoms with Crippen LogP contribution in [0, 0.1) is 11.7 Å². The highest BCUT2D eigenvalue weighted by Gasteiger charge is 2.39. The first kappa shape index (κ1) is 17.8. The van der Waals surface area contributed by atoms with Crippen molar-refractivity contribution >= 4 is 27.5 Å². The topological polar surface area (TPSA) is 78.0 Å². The standard InChI is InChI=1S/C16H20FN3O4S/c1-25(23,24)19-8-6-18(7-9-19)16(22)12-10-15(21)20(11-12)14-5-3-2-4-13(14)17/h2-5,12H,6-11H2,1H3/t12-/m1/s1. The number of hydrogen-bond acceptors (Lipinski definition) is 4. The molecule has 7 nitrogen and oxygen atoms in total. The molecule has 9 heteroatoms. The van der Waals surface area contributed by atoms with Crippen molar-refractivity contribution in [1.29, 1.82) is 0 Å². The van der Waals surface area contributed by atoms with Crippen LogP contribution in [0.15, 0.2) is 24.3 Å². The van der Waals surface area contributed by atoms with Crippen molar-refractivity contribution in [3.8, 4) is 0 Å².